The number of aromatic nitrogens is 2. The highest BCUT2D eigenvalue weighted by molar-refractivity contribution is 9.10. The van der Waals surface area contributed by atoms with Crippen LogP contribution in [-0.4, -0.2) is 21.0 Å². The standard InChI is InChI=1S/C12H10BrN3O4/c1-7-11(16(18)19)12(15(2)14-7)20-9-3-4-10(13)8(5-9)6-17/h3-6H,1-2H3. The second kappa shape index (κ2) is 5.41. The summed E-state index contributed by atoms with van der Waals surface area (Å²) in [6.45, 7) is 1.53. The van der Waals surface area contributed by atoms with Crippen molar-refractivity contribution in [1.82, 2.24) is 9.78 Å². The van der Waals surface area contributed by atoms with Gasteiger partial charge >= 0.3 is 5.69 Å². The molecule has 0 amide bonds. The maximum absolute atomic E-state index is 11.0. The molecular weight excluding hydrogens is 330 g/mol. The van der Waals surface area contributed by atoms with Crippen molar-refractivity contribution in [3.05, 3.63) is 44.0 Å². The number of carbonyl (C=O) groups excluding carboxylic acids is 1. The first kappa shape index (κ1) is 14.2. The van der Waals surface area contributed by atoms with Gasteiger partial charge in [-0.25, -0.2) is 4.68 Å². The number of nitro groups is 1. The molecule has 1 aromatic heterocycles. The largest absolute Gasteiger partial charge is 0.434 e. The molecule has 104 valence electrons. The molecule has 1 aromatic carbocycles. The lowest BCUT2D eigenvalue weighted by Gasteiger charge is -2.06. The van der Waals surface area contributed by atoms with Crippen molar-refractivity contribution in [1.29, 1.82) is 0 Å². The maximum Gasteiger partial charge on any atom is 0.353 e. The van der Waals surface area contributed by atoms with E-state index in [-0.39, 0.29) is 17.3 Å². The third-order valence-corrected chi connectivity index (χ3v) is 3.35. The maximum atomic E-state index is 11.0. The van der Waals surface area contributed by atoms with Gasteiger partial charge in [0.2, 0.25) is 0 Å². The van der Waals surface area contributed by atoms with Gasteiger partial charge in [0.1, 0.15) is 11.4 Å². The number of aldehydes is 1. The van der Waals surface area contributed by atoms with Crippen molar-refractivity contribution in [2.24, 2.45) is 7.05 Å². The van der Waals surface area contributed by atoms with Gasteiger partial charge in [0.05, 0.1) is 4.92 Å². The predicted octanol–water partition coefficient (Wildman–Crippen LogP) is 3.00. The van der Waals surface area contributed by atoms with Gasteiger partial charge in [-0.05, 0) is 25.1 Å². The Balaban J connectivity index is 2.45. The zero-order valence-electron chi connectivity index (χ0n) is 10.7. The monoisotopic (exact) mass is 339 g/mol. The van der Waals surface area contributed by atoms with E-state index in [2.05, 4.69) is 21.0 Å². The Morgan fingerprint density at radius 2 is 2.20 bits per heavy atom. The Morgan fingerprint density at radius 1 is 1.50 bits per heavy atom. The van der Waals surface area contributed by atoms with Gasteiger partial charge in [0.15, 0.2) is 6.29 Å². The summed E-state index contributed by atoms with van der Waals surface area (Å²) in [5.41, 5.74) is 0.465. The Morgan fingerprint density at radius 3 is 2.80 bits per heavy atom. The van der Waals surface area contributed by atoms with Crippen molar-refractivity contribution < 1.29 is 14.5 Å². The van der Waals surface area contributed by atoms with Gasteiger partial charge in [-0.1, -0.05) is 15.9 Å². The van der Waals surface area contributed by atoms with E-state index in [9.17, 15) is 14.9 Å². The number of carbonyl (C=O) groups is 1. The quantitative estimate of drug-likeness (QED) is 0.485. The van der Waals surface area contributed by atoms with Crippen LogP contribution in [0.2, 0.25) is 0 Å². The molecule has 20 heavy (non-hydrogen) atoms. The number of nitrogens with zero attached hydrogens (tertiary/aromatic N) is 3. The van der Waals surface area contributed by atoms with Crippen LogP contribution in [-0.2, 0) is 7.05 Å². The number of ether oxygens (including phenoxy) is 1. The second-order valence-corrected chi connectivity index (χ2v) is 4.88. The van der Waals surface area contributed by atoms with E-state index in [0.717, 1.165) is 0 Å². The fourth-order valence-electron chi connectivity index (χ4n) is 1.74. The first-order valence-electron chi connectivity index (χ1n) is 5.54. The molecule has 0 aliphatic carbocycles. The van der Waals surface area contributed by atoms with E-state index in [0.29, 0.717) is 22.1 Å². The number of hydrogen-bond acceptors (Lipinski definition) is 5. The van der Waals surface area contributed by atoms with E-state index in [1.807, 2.05) is 0 Å². The summed E-state index contributed by atoms with van der Waals surface area (Å²) in [4.78, 5) is 21.4. The number of aryl methyl sites for hydroxylation is 2. The highest BCUT2D eigenvalue weighted by atomic mass is 79.9. The fraction of sp³-hybridized carbons (Fsp3) is 0.167. The molecule has 0 aliphatic heterocycles. The molecule has 2 rings (SSSR count). The van der Waals surface area contributed by atoms with Crippen molar-refractivity contribution in [2.45, 2.75) is 6.92 Å². The van der Waals surface area contributed by atoms with Gasteiger partial charge in [0.25, 0.3) is 5.88 Å². The summed E-state index contributed by atoms with van der Waals surface area (Å²) in [5, 5.41) is 15.0. The number of rotatable bonds is 4. The Hall–Kier alpha value is -2.22. The molecule has 1 heterocycles. The smallest absolute Gasteiger partial charge is 0.353 e. The minimum absolute atomic E-state index is 0.0201. The molecule has 0 atom stereocenters. The Bertz CT molecular complexity index is 696. The van der Waals surface area contributed by atoms with Crippen LogP contribution in [0.25, 0.3) is 0 Å². The highest BCUT2D eigenvalue weighted by Gasteiger charge is 2.26. The van der Waals surface area contributed by atoms with E-state index in [1.54, 1.807) is 19.2 Å². The van der Waals surface area contributed by atoms with Crippen LogP contribution in [0, 0.1) is 17.0 Å². The normalized spacial score (nSPS) is 10.3. The van der Waals surface area contributed by atoms with Crippen molar-refractivity contribution in [3.63, 3.8) is 0 Å². The van der Waals surface area contributed by atoms with E-state index in [4.69, 9.17) is 4.74 Å². The third kappa shape index (κ3) is 2.55. The zero-order chi connectivity index (χ0) is 14.9. The Kier molecular flexibility index (Phi) is 3.84. The first-order chi connectivity index (χ1) is 9.43. The Labute approximate surface area is 122 Å². The average Bonchev–Trinajstić information content (AvgIpc) is 2.66. The highest BCUT2D eigenvalue weighted by Crippen LogP contribution is 2.34. The topological polar surface area (TPSA) is 87.3 Å². The third-order valence-electron chi connectivity index (χ3n) is 2.63. The van der Waals surface area contributed by atoms with Crippen LogP contribution in [0.5, 0.6) is 11.6 Å². The SMILES string of the molecule is Cc1nn(C)c(Oc2ccc(Br)c(C=O)c2)c1[N+](=O)[O-]. The molecule has 0 aliphatic rings. The molecule has 8 heteroatoms. The summed E-state index contributed by atoms with van der Waals surface area (Å²) in [6, 6.07) is 4.72. The molecule has 0 spiro atoms. The van der Waals surface area contributed by atoms with Crippen molar-refractivity contribution >= 4 is 27.9 Å². The number of benzene rings is 1. The van der Waals surface area contributed by atoms with E-state index >= 15 is 0 Å². The lowest BCUT2D eigenvalue weighted by Crippen LogP contribution is -1.98. The molecule has 7 nitrogen and oxygen atoms in total. The second-order valence-electron chi connectivity index (χ2n) is 4.02. The lowest BCUT2D eigenvalue weighted by atomic mass is 10.2. The number of hydrogen-bond donors (Lipinski definition) is 0. The molecule has 0 N–H and O–H groups in total. The molecular formula is C12H10BrN3O4. The van der Waals surface area contributed by atoms with Crippen LogP contribution in [0.15, 0.2) is 22.7 Å². The van der Waals surface area contributed by atoms with Crippen molar-refractivity contribution in [3.8, 4) is 11.6 Å². The number of halogens is 1. The van der Waals surface area contributed by atoms with Crippen LogP contribution in [0.1, 0.15) is 16.1 Å². The van der Waals surface area contributed by atoms with E-state index < -0.39 is 4.92 Å². The molecule has 0 saturated carbocycles. The van der Waals surface area contributed by atoms with Gasteiger partial charge < -0.3 is 4.74 Å². The van der Waals surface area contributed by atoms with E-state index in [1.165, 1.54) is 17.7 Å². The molecule has 2 aromatic rings. The molecule has 0 bridgehead atoms. The molecule has 0 fully saturated rings. The minimum atomic E-state index is -0.544. The lowest BCUT2D eigenvalue weighted by molar-refractivity contribution is -0.386. The summed E-state index contributed by atoms with van der Waals surface area (Å²) >= 11 is 3.22. The molecule has 0 unspecified atom stereocenters. The average molecular weight is 340 g/mol. The summed E-state index contributed by atoms with van der Waals surface area (Å²) in [7, 11) is 1.55. The summed E-state index contributed by atoms with van der Waals surface area (Å²) in [5.74, 6) is 0.341. The summed E-state index contributed by atoms with van der Waals surface area (Å²) < 4.78 is 7.41. The first-order valence-corrected chi connectivity index (χ1v) is 6.34. The minimum Gasteiger partial charge on any atom is -0.434 e. The van der Waals surface area contributed by atoms with Gasteiger partial charge in [-0.2, -0.15) is 5.10 Å². The van der Waals surface area contributed by atoms with Crippen LogP contribution >= 0.6 is 15.9 Å². The van der Waals surface area contributed by atoms with Gasteiger partial charge in [0, 0.05) is 17.1 Å². The van der Waals surface area contributed by atoms with Gasteiger partial charge in [-0.15, -0.1) is 0 Å². The van der Waals surface area contributed by atoms with Crippen LogP contribution in [0.4, 0.5) is 5.69 Å². The van der Waals surface area contributed by atoms with Gasteiger partial charge in [-0.3, -0.25) is 14.9 Å². The predicted molar refractivity (Wildman–Crippen MR) is 74.2 cm³/mol. The summed E-state index contributed by atoms with van der Waals surface area (Å²) in [6.07, 6.45) is 0.667. The van der Waals surface area contributed by atoms with Crippen LogP contribution in [0.3, 0.4) is 0 Å². The van der Waals surface area contributed by atoms with Crippen molar-refractivity contribution in [2.75, 3.05) is 0 Å². The molecule has 0 saturated heterocycles. The molecule has 0 radical (unpaired) electrons. The van der Waals surface area contributed by atoms with Crippen LogP contribution < -0.4 is 4.74 Å². The fourth-order valence-corrected chi connectivity index (χ4v) is 2.08. The zero-order valence-corrected chi connectivity index (χ0v) is 12.2.